The van der Waals surface area contributed by atoms with Crippen molar-refractivity contribution in [2.24, 2.45) is 0 Å². The largest absolute Gasteiger partial charge is 0.349 e. The number of likely N-dealkylation sites (tertiary alicyclic amines) is 1. The Labute approximate surface area is 153 Å². The predicted octanol–water partition coefficient (Wildman–Crippen LogP) is 4.33. The molecule has 2 amide bonds. The lowest BCUT2D eigenvalue weighted by molar-refractivity contribution is 0.0742. The van der Waals surface area contributed by atoms with Gasteiger partial charge in [0.25, 0.3) is 11.8 Å². The molecule has 4 nitrogen and oxygen atoms in total. The van der Waals surface area contributed by atoms with Crippen molar-refractivity contribution in [3.05, 3.63) is 43.2 Å². The van der Waals surface area contributed by atoms with Crippen LogP contribution < -0.4 is 5.32 Å². The summed E-state index contributed by atoms with van der Waals surface area (Å²) in [6.45, 7) is 0.751. The highest BCUT2D eigenvalue weighted by Gasteiger charge is 2.33. The Morgan fingerprint density at radius 2 is 1.88 bits per heavy atom. The van der Waals surface area contributed by atoms with Gasteiger partial charge in [-0.05, 0) is 49.9 Å². The van der Waals surface area contributed by atoms with Crippen molar-refractivity contribution < 1.29 is 9.59 Å². The molecule has 4 rings (SSSR count). The minimum Gasteiger partial charge on any atom is -0.349 e. The molecule has 24 heavy (non-hydrogen) atoms. The zero-order valence-corrected chi connectivity index (χ0v) is 15.3. The predicted molar refractivity (Wildman–Crippen MR) is 97.1 cm³/mol. The van der Waals surface area contributed by atoms with Crippen LogP contribution in [0.4, 0.5) is 0 Å². The second kappa shape index (κ2) is 6.50. The highest BCUT2D eigenvalue weighted by Crippen LogP contribution is 2.38. The summed E-state index contributed by atoms with van der Waals surface area (Å²) in [6, 6.07) is 7.83. The molecule has 2 aliphatic rings. The van der Waals surface area contributed by atoms with Crippen LogP contribution in [0.15, 0.2) is 24.3 Å². The van der Waals surface area contributed by atoms with Crippen LogP contribution in [-0.4, -0.2) is 29.3 Å². The smallest absolute Gasteiger partial charge is 0.264 e. The number of carbonyl (C=O) groups is 2. The van der Waals surface area contributed by atoms with Crippen molar-refractivity contribution in [2.75, 3.05) is 6.54 Å². The molecule has 1 saturated heterocycles. The third-order valence-corrected chi connectivity index (χ3v) is 6.79. The number of nitrogens with one attached hydrogen (secondary N) is 1. The van der Waals surface area contributed by atoms with Gasteiger partial charge in [0.15, 0.2) is 0 Å². The van der Waals surface area contributed by atoms with Gasteiger partial charge in [0.2, 0.25) is 0 Å². The second-order valence-corrected chi connectivity index (χ2v) is 9.04. The van der Waals surface area contributed by atoms with Gasteiger partial charge in [0.1, 0.15) is 0 Å². The summed E-state index contributed by atoms with van der Waals surface area (Å²) in [5, 5.41) is 3.01. The quantitative estimate of drug-likeness (QED) is 0.858. The standard InChI is InChI=1S/C17H17ClN2O2S2/c18-15-8-7-14(24-15)17(22)20-9-1-2-11(20)12-5-6-13(23-12)16(21)19-10-3-4-10/h5-8,10-11H,1-4,9H2,(H,19,21)/t11-/m1/s1. The Morgan fingerprint density at radius 1 is 1.08 bits per heavy atom. The molecule has 7 heteroatoms. The summed E-state index contributed by atoms with van der Waals surface area (Å²) in [6.07, 6.45) is 4.09. The normalized spacial score (nSPS) is 20.4. The molecule has 3 heterocycles. The minimum atomic E-state index is 0.00895. The lowest BCUT2D eigenvalue weighted by atomic mass is 10.2. The number of thiophene rings is 2. The zero-order chi connectivity index (χ0) is 16.7. The number of rotatable bonds is 4. The summed E-state index contributed by atoms with van der Waals surface area (Å²) in [5.41, 5.74) is 0. The van der Waals surface area contributed by atoms with Crippen LogP contribution in [0.5, 0.6) is 0 Å². The number of halogens is 1. The van der Waals surface area contributed by atoms with Gasteiger partial charge in [-0.25, -0.2) is 0 Å². The Hall–Kier alpha value is -1.37. The van der Waals surface area contributed by atoms with E-state index in [-0.39, 0.29) is 17.9 Å². The van der Waals surface area contributed by atoms with Crippen molar-refractivity contribution in [1.29, 1.82) is 0 Å². The second-order valence-electron chi connectivity index (χ2n) is 6.21. The highest BCUT2D eigenvalue weighted by atomic mass is 35.5. The monoisotopic (exact) mass is 380 g/mol. The number of amides is 2. The summed E-state index contributed by atoms with van der Waals surface area (Å²) in [4.78, 5) is 29.3. The van der Waals surface area contributed by atoms with Gasteiger partial charge in [0, 0.05) is 17.5 Å². The van der Waals surface area contributed by atoms with Crippen LogP contribution in [0.1, 0.15) is 55.9 Å². The number of hydrogen-bond acceptors (Lipinski definition) is 4. The molecule has 0 spiro atoms. The molecular weight excluding hydrogens is 364 g/mol. The summed E-state index contributed by atoms with van der Waals surface area (Å²) >= 11 is 8.77. The van der Waals surface area contributed by atoms with Crippen molar-refractivity contribution in [3.8, 4) is 0 Å². The van der Waals surface area contributed by atoms with E-state index in [1.54, 1.807) is 12.1 Å². The van der Waals surface area contributed by atoms with E-state index in [9.17, 15) is 9.59 Å². The first-order valence-corrected chi connectivity index (χ1v) is 10.1. The number of hydrogen-bond donors (Lipinski definition) is 1. The molecule has 1 saturated carbocycles. The van der Waals surface area contributed by atoms with Crippen LogP contribution >= 0.6 is 34.3 Å². The van der Waals surface area contributed by atoms with Crippen LogP contribution in [0.3, 0.4) is 0 Å². The SMILES string of the molecule is O=C(NC1CC1)c1ccc([C@H]2CCCN2C(=O)c2ccc(Cl)s2)s1. The average Bonchev–Trinajstić information content (AvgIpc) is 3.02. The first-order valence-electron chi connectivity index (χ1n) is 8.09. The van der Waals surface area contributed by atoms with E-state index in [4.69, 9.17) is 11.6 Å². The summed E-state index contributed by atoms with van der Waals surface area (Å²) < 4.78 is 0.629. The van der Waals surface area contributed by atoms with E-state index >= 15 is 0 Å². The lowest BCUT2D eigenvalue weighted by Crippen LogP contribution is -2.29. The van der Waals surface area contributed by atoms with Crippen molar-refractivity contribution in [1.82, 2.24) is 10.2 Å². The zero-order valence-electron chi connectivity index (χ0n) is 13.0. The first-order chi connectivity index (χ1) is 11.6. The van der Waals surface area contributed by atoms with Gasteiger partial charge in [0.05, 0.1) is 20.1 Å². The molecular formula is C17H17ClN2O2S2. The Bertz CT molecular complexity index is 781. The molecule has 1 N–H and O–H groups in total. The van der Waals surface area contributed by atoms with Gasteiger partial charge < -0.3 is 10.2 Å². The van der Waals surface area contributed by atoms with Gasteiger partial charge in [-0.1, -0.05) is 11.6 Å². The highest BCUT2D eigenvalue weighted by molar-refractivity contribution is 7.18. The molecule has 126 valence electrons. The lowest BCUT2D eigenvalue weighted by Gasteiger charge is -2.23. The molecule has 0 radical (unpaired) electrons. The van der Waals surface area contributed by atoms with E-state index in [1.165, 1.54) is 22.7 Å². The molecule has 2 aromatic heterocycles. The molecule has 1 atom stereocenters. The summed E-state index contributed by atoms with van der Waals surface area (Å²) in [7, 11) is 0. The number of carbonyl (C=O) groups excluding carboxylic acids is 2. The van der Waals surface area contributed by atoms with E-state index < -0.39 is 0 Å². The molecule has 2 aromatic rings. The summed E-state index contributed by atoms with van der Waals surface area (Å²) in [5.74, 6) is 0.0430. The molecule has 2 fully saturated rings. The molecule has 0 aromatic carbocycles. The van der Waals surface area contributed by atoms with Crippen molar-refractivity contribution in [3.63, 3.8) is 0 Å². The van der Waals surface area contributed by atoms with Gasteiger partial charge in [-0.3, -0.25) is 9.59 Å². The van der Waals surface area contributed by atoms with Crippen LogP contribution in [0, 0.1) is 0 Å². The number of nitrogens with zero attached hydrogens (tertiary/aromatic N) is 1. The van der Waals surface area contributed by atoms with Gasteiger partial charge in [-0.2, -0.15) is 0 Å². The van der Waals surface area contributed by atoms with Gasteiger partial charge >= 0.3 is 0 Å². The average molecular weight is 381 g/mol. The van der Waals surface area contributed by atoms with Crippen molar-refractivity contribution in [2.45, 2.75) is 37.8 Å². The fourth-order valence-electron chi connectivity index (χ4n) is 3.01. The molecule has 0 unspecified atom stereocenters. The van der Waals surface area contributed by atoms with E-state index in [0.717, 1.165) is 42.0 Å². The first kappa shape index (κ1) is 16.1. The van der Waals surface area contributed by atoms with Crippen molar-refractivity contribution >= 4 is 46.1 Å². The van der Waals surface area contributed by atoms with Crippen LogP contribution in [-0.2, 0) is 0 Å². The minimum absolute atomic E-state index is 0.00895. The van der Waals surface area contributed by atoms with E-state index in [2.05, 4.69) is 5.32 Å². The topological polar surface area (TPSA) is 49.4 Å². The molecule has 1 aliphatic heterocycles. The molecule has 1 aliphatic carbocycles. The van der Waals surface area contributed by atoms with Crippen LogP contribution in [0.25, 0.3) is 0 Å². The maximum absolute atomic E-state index is 12.7. The fourth-order valence-corrected chi connectivity index (χ4v) is 5.07. The molecule has 0 bridgehead atoms. The van der Waals surface area contributed by atoms with Crippen LogP contribution in [0.2, 0.25) is 4.34 Å². The van der Waals surface area contributed by atoms with E-state index in [1.807, 2.05) is 17.0 Å². The van der Waals surface area contributed by atoms with E-state index in [0.29, 0.717) is 15.3 Å². The fraction of sp³-hybridized carbons (Fsp3) is 0.412. The Morgan fingerprint density at radius 3 is 2.58 bits per heavy atom. The maximum Gasteiger partial charge on any atom is 0.264 e. The maximum atomic E-state index is 12.7. The van der Waals surface area contributed by atoms with Gasteiger partial charge in [-0.15, -0.1) is 22.7 Å². The third-order valence-electron chi connectivity index (χ3n) is 4.39. The Kier molecular flexibility index (Phi) is 4.37. The third kappa shape index (κ3) is 3.23. The Balaban J connectivity index is 1.51.